The average Bonchev–Trinajstić information content (AvgIpc) is 3.00. The normalized spacial score (nSPS) is 28.4. The molecule has 0 amide bonds. The van der Waals surface area contributed by atoms with E-state index in [9.17, 15) is 15.3 Å². The lowest BCUT2D eigenvalue weighted by molar-refractivity contribution is -0.0511. The summed E-state index contributed by atoms with van der Waals surface area (Å²) >= 11 is 0. The molecule has 0 bridgehead atoms. The molecule has 4 atom stereocenters. The molecular formula is C12H18N6O4. The topological polar surface area (TPSA) is 143 Å². The zero-order valence-corrected chi connectivity index (χ0v) is 12.2. The Labute approximate surface area is 125 Å². The third-order valence-corrected chi connectivity index (χ3v) is 3.64. The lowest BCUT2D eigenvalue weighted by atomic mass is 10.1. The molecule has 0 radical (unpaired) electrons. The maximum atomic E-state index is 10.1. The number of nitrogens with zero attached hydrogens (tertiary/aromatic N) is 5. The summed E-state index contributed by atoms with van der Waals surface area (Å²) in [4.78, 5) is 14.3. The Hall–Kier alpha value is -2.01. The van der Waals surface area contributed by atoms with Gasteiger partial charge in [-0.3, -0.25) is 4.57 Å². The number of nitrogens with two attached hydrogens (primary N) is 1. The molecule has 0 saturated carbocycles. The van der Waals surface area contributed by atoms with E-state index < -0.39 is 31.1 Å². The first kappa shape index (κ1) is 14.9. The lowest BCUT2D eigenvalue weighted by Gasteiger charge is -2.17. The number of aliphatic hydroxyl groups excluding tert-OH is 3. The molecule has 0 aliphatic carbocycles. The van der Waals surface area contributed by atoms with E-state index in [0.29, 0.717) is 17.0 Å². The number of hydrogen-bond donors (Lipinski definition) is 4. The molecule has 3 rings (SSSR count). The van der Waals surface area contributed by atoms with Gasteiger partial charge in [0.2, 0.25) is 5.95 Å². The molecule has 0 spiro atoms. The van der Waals surface area contributed by atoms with Crippen LogP contribution in [-0.2, 0) is 4.74 Å². The summed E-state index contributed by atoms with van der Waals surface area (Å²) in [6.07, 6.45) is -2.76. The van der Waals surface area contributed by atoms with Crippen molar-refractivity contribution in [2.45, 2.75) is 24.5 Å². The number of rotatable bonds is 3. The minimum atomic E-state index is -1.21. The van der Waals surface area contributed by atoms with E-state index in [0.717, 1.165) is 0 Å². The van der Waals surface area contributed by atoms with Gasteiger partial charge in [-0.1, -0.05) is 0 Å². The number of fused-ring (bicyclic) bond motifs is 1. The SMILES string of the molecule is CN(C)c1nc(N)nc2c1ncn2[C@@H]1O[C@H](CO)[C@@H](O)[C@H]1O. The summed E-state index contributed by atoms with van der Waals surface area (Å²) in [5.41, 5.74) is 6.60. The fourth-order valence-corrected chi connectivity index (χ4v) is 2.53. The second-order valence-corrected chi connectivity index (χ2v) is 5.35. The standard InChI is InChI=1S/C12H18N6O4/c1-17(2)9-6-10(16-12(13)15-9)18(4-14-6)11-8(21)7(20)5(3-19)22-11/h4-5,7-8,11,19-21H,3H2,1-2H3,(H2,13,15,16)/t5-,7-,8-,11-/m1/s1. The molecular weight excluding hydrogens is 292 g/mol. The molecule has 22 heavy (non-hydrogen) atoms. The zero-order valence-electron chi connectivity index (χ0n) is 12.2. The lowest BCUT2D eigenvalue weighted by Crippen LogP contribution is -2.33. The molecule has 1 saturated heterocycles. The van der Waals surface area contributed by atoms with Crippen LogP contribution >= 0.6 is 0 Å². The summed E-state index contributed by atoms with van der Waals surface area (Å²) in [6, 6.07) is 0. The number of hydrogen-bond acceptors (Lipinski definition) is 9. The number of ether oxygens (including phenoxy) is 1. The second-order valence-electron chi connectivity index (χ2n) is 5.35. The average molecular weight is 310 g/mol. The smallest absolute Gasteiger partial charge is 0.224 e. The molecule has 10 heteroatoms. The van der Waals surface area contributed by atoms with E-state index in [1.54, 1.807) is 19.0 Å². The summed E-state index contributed by atoms with van der Waals surface area (Å²) in [7, 11) is 3.60. The van der Waals surface area contributed by atoms with Crippen molar-refractivity contribution in [3.63, 3.8) is 0 Å². The van der Waals surface area contributed by atoms with Crippen molar-refractivity contribution in [3.05, 3.63) is 6.33 Å². The van der Waals surface area contributed by atoms with Gasteiger partial charge in [-0.25, -0.2) is 4.98 Å². The molecule has 10 nitrogen and oxygen atoms in total. The van der Waals surface area contributed by atoms with Crippen LogP contribution in [0.5, 0.6) is 0 Å². The summed E-state index contributed by atoms with van der Waals surface area (Å²) < 4.78 is 6.96. The van der Waals surface area contributed by atoms with E-state index in [1.807, 2.05) is 0 Å². The van der Waals surface area contributed by atoms with Crippen molar-refractivity contribution in [2.75, 3.05) is 31.3 Å². The summed E-state index contributed by atoms with van der Waals surface area (Å²) in [6.45, 7) is -0.401. The first-order valence-electron chi connectivity index (χ1n) is 6.74. The van der Waals surface area contributed by atoms with Crippen LogP contribution in [0.2, 0.25) is 0 Å². The maximum Gasteiger partial charge on any atom is 0.224 e. The Morgan fingerprint density at radius 1 is 1.32 bits per heavy atom. The van der Waals surface area contributed by atoms with Crippen LogP contribution in [0.4, 0.5) is 11.8 Å². The molecule has 3 heterocycles. The Balaban J connectivity index is 2.09. The van der Waals surface area contributed by atoms with Crippen molar-refractivity contribution in [3.8, 4) is 0 Å². The van der Waals surface area contributed by atoms with Crippen LogP contribution in [0, 0.1) is 0 Å². The van der Waals surface area contributed by atoms with Gasteiger partial charge in [-0.2, -0.15) is 9.97 Å². The van der Waals surface area contributed by atoms with Gasteiger partial charge in [0.1, 0.15) is 18.3 Å². The van der Waals surface area contributed by atoms with Crippen LogP contribution < -0.4 is 10.6 Å². The van der Waals surface area contributed by atoms with Gasteiger partial charge >= 0.3 is 0 Å². The Kier molecular flexibility index (Phi) is 3.60. The summed E-state index contributed by atoms with van der Waals surface area (Å²) in [5.74, 6) is 0.595. The minimum absolute atomic E-state index is 0.0599. The third kappa shape index (κ3) is 2.16. The number of aliphatic hydroxyl groups is 3. The minimum Gasteiger partial charge on any atom is -0.394 e. The fraction of sp³-hybridized carbons (Fsp3) is 0.583. The van der Waals surface area contributed by atoms with Crippen LogP contribution in [0.1, 0.15) is 6.23 Å². The monoisotopic (exact) mass is 310 g/mol. The molecule has 120 valence electrons. The Morgan fingerprint density at radius 2 is 2.05 bits per heavy atom. The Morgan fingerprint density at radius 3 is 2.64 bits per heavy atom. The molecule has 0 aromatic carbocycles. The van der Waals surface area contributed by atoms with Gasteiger partial charge in [-0.15, -0.1) is 0 Å². The van der Waals surface area contributed by atoms with E-state index in [-0.39, 0.29) is 5.95 Å². The number of imidazole rings is 1. The number of aromatic nitrogens is 4. The van der Waals surface area contributed by atoms with Crippen LogP contribution in [-0.4, -0.2) is 73.9 Å². The van der Waals surface area contributed by atoms with Gasteiger partial charge < -0.3 is 30.7 Å². The highest BCUT2D eigenvalue weighted by Crippen LogP contribution is 2.32. The number of nitrogen functional groups attached to an aromatic ring is 1. The third-order valence-electron chi connectivity index (χ3n) is 3.64. The predicted molar refractivity (Wildman–Crippen MR) is 77.1 cm³/mol. The Bertz CT molecular complexity index is 690. The van der Waals surface area contributed by atoms with Gasteiger partial charge in [0.25, 0.3) is 0 Å². The van der Waals surface area contributed by atoms with Crippen molar-refractivity contribution >= 4 is 22.9 Å². The predicted octanol–water partition coefficient (Wildman–Crippen LogP) is -1.91. The van der Waals surface area contributed by atoms with Gasteiger partial charge in [0.15, 0.2) is 23.2 Å². The van der Waals surface area contributed by atoms with Crippen LogP contribution in [0.15, 0.2) is 6.33 Å². The highest BCUT2D eigenvalue weighted by molar-refractivity contribution is 5.84. The molecule has 2 aromatic heterocycles. The van der Waals surface area contributed by atoms with Crippen molar-refractivity contribution in [1.29, 1.82) is 0 Å². The van der Waals surface area contributed by atoms with E-state index in [4.69, 9.17) is 10.5 Å². The molecule has 5 N–H and O–H groups in total. The highest BCUT2D eigenvalue weighted by atomic mass is 16.6. The molecule has 1 fully saturated rings. The highest BCUT2D eigenvalue weighted by Gasteiger charge is 2.44. The van der Waals surface area contributed by atoms with Crippen molar-refractivity contribution < 1.29 is 20.1 Å². The fourth-order valence-electron chi connectivity index (χ4n) is 2.53. The van der Waals surface area contributed by atoms with Crippen LogP contribution in [0.3, 0.4) is 0 Å². The first-order chi connectivity index (χ1) is 10.4. The van der Waals surface area contributed by atoms with Crippen molar-refractivity contribution in [1.82, 2.24) is 19.5 Å². The molecule has 1 aliphatic rings. The summed E-state index contributed by atoms with van der Waals surface area (Å²) in [5, 5.41) is 29.2. The molecule has 1 aliphatic heterocycles. The first-order valence-corrected chi connectivity index (χ1v) is 6.74. The zero-order chi connectivity index (χ0) is 16.0. The second kappa shape index (κ2) is 5.32. The van der Waals surface area contributed by atoms with Gasteiger partial charge in [-0.05, 0) is 0 Å². The number of anilines is 2. The van der Waals surface area contributed by atoms with E-state index >= 15 is 0 Å². The van der Waals surface area contributed by atoms with Crippen LogP contribution in [0.25, 0.3) is 11.2 Å². The maximum absolute atomic E-state index is 10.1. The molecule has 0 unspecified atom stereocenters. The van der Waals surface area contributed by atoms with Gasteiger partial charge in [0.05, 0.1) is 12.9 Å². The van der Waals surface area contributed by atoms with Crippen molar-refractivity contribution in [2.24, 2.45) is 0 Å². The quantitative estimate of drug-likeness (QED) is 0.510. The largest absolute Gasteiger partial charge is 0.394 e. The van der Waals surface area contributed by atoms with Gasteiger partial charge in [0, 0.05) is 14.1 Å². The van der Waals surface area contributed by atoms with E-state index in [2.05, 4.69) is 15.0 Å². The molecule has 2 aromatic rings. The van der Waals surface area contributed by atoms with E-state index in [1.165, 1.54) is 10.9 Å².